The summed E-state index contributed by atoms with van der Waals surface area (Å²) in [6.07, 6.45) is 0. The molecule has 3 nitrogen and oxygen atoms in total. The van der Waals surface area contributed by atoms with E-state index in [1.54, 1.807) is 19.1 Å². The van der Waals surface area contributed by atoms with Gasteiger partial charge in [-0.2, -0.15) is 0 Å². The molecule has 4 heteroatoms. The average Bonchev–Trinajstić information content (AvgIpc) is 2.17. The summed E-state index contributed by atoms with van der Waals surface area (Å²) in [5.41, 5.74) is 0.501. The quantitative estimate of drug-likeness (QED) is 0.529. The normalized spacial score (nSPS) is 9.57. The Morgan fingerprint density at radius 3 is 2.86 bits per heavy atom. The van der Waals surface area contributed by atoms with Crippen molar-refractivity contribution in [1.82, 2.24) is 0 Å². The molecule has 1 aromatic rings. The van der Waals surface area contributed by atoms with Crippen LogP contribution < -0.4 is 0 Å². The Morgan fingerprint density at radius 2 is 2.29 bits per heavy atom. The number of carbonyl (C=O) groups is 1. The summed E-state index contributed by atoms with van der Waals surface area (Å²) in [7, 11) is 0. The molecule has 0 spiro atoms. The van der Waals surface area contributed by atoms with Crippen LogP contribution in [0.25, 0.3) is 0 Å². The van der Waals surface area contributed by atoms with Crippen molar-refractivity contribution in [2.75, 3.05) is 6.61 Å². The van der Waals surface area contributed by atoms with Crippen LogP contribution >= 0.6 is 22.6 Å². The lowest BCUT2D eigenvalue weighted by atomic mass is 10.1. The van der Waals surface area contributed by atoms with Crippen LogP contribution in [0.1, 0.15) is 12.5 Å². The van der Waals surface area contributed by atoms with E-state index in [4.69, 9.17) is 10.1 Å². The molecule has 1 aromatic carbocycles. The van der Waals surface area contributed by atoms with Gasteiger partial charge in [0.2, 0.25) is 0 Å². The fourth-order valence-corrected chi connectivity index (χ4v) is 1.51. The molecular weight excluding hydrogens is 293 g/mol. The van der Waals surface area contributed by atoms with E-state index in [2.05, 4.69) is 22.6 Å². The molecule has 1 N–H and O–H groups in total. The van der Waals surface area contributed by atoms with Crippen LogP contribution in [0.3, 0.4) is 0 Å². The SMILES string of the molecule is CCOC(=O)C(=N)c1cccc(I)c1. The van der Waals surface area contributed by atoms with Crippen molar-refractivity contribution in [3.05, 3.63) is 33.4 Å². The second-order valence-corrected chi connectivity index (χ2v) is 3.85. The number of ether oxygens (including phenoxy) is 1. The molecule has 1 rings (SSSR count). The van der Waals surface area contributed by atoms with Gasteiger partial charge in [-0.1, -0.05) is 12.1 Å². The van der Waals surface area contributed by atoms with E-state index in [1.165, 1.54) is 0 Å². The highest BCUT2D eigenvalue weighted by atomic mass is 127. The van der Waals surface area contributed by atoms with E-state index in [0.717, 1.165) is 3.57 Å². The Balaban J connectivity index is 2.84. The van der Waals surface area contributed by atoms with Gasteiger partial charge in [-0.25, -0.2) is 4.79 Å². The van der Waals surface area contributed by atoms with Crippen molar-refractivity contribution < 1.29 is 9.53 Å². The van der Waals surface area contributed by atoms with Gasteiger partial charge in [-0.3, -0.25) is 5.41 Å². The van der Waals surface area contributed by atoms with Gasteiger partial charge in [0, 0.05) is 9.13 Å². The summed E-state index contributed by atoms with van der Waals surface area (Å²) in [6, 6.07) is 7.22. The molecule has 14 heavy (non-hydrogen) atoms. The maximum atomic E-state index is 11.2. The molecule has 0 aliphatic heterocycles. The molecular formula is C10H10INO2. The summed E-state index contributed by atoms with van der Waals surface area (Å²) in [5.74, 6) is -0.575. The van der Waals surface area contributed by atoms with E-state index in [1.807, 2.05) is 12.1 Å². The molecule has 74 valence electrons. The lowest BCUT2D eigenvalue weighted by Gasteiger charge is -2.03. The molecule has 0 fully saturated rings. The molecule has 0 radical (unpaired) electrons. The minimum atomic E-state index is -0.575. The first-order chi connectivity index (χ1) is 6.65. The summed E-state index contributed by atoms with van der Waals surface area (Å²) >= 11 is 2.13. The molecule has 0 amide bonds. The fraction of sp³-hybridized carbons (Fsp3) is 0.200. The van der Waals surface area contributed by atoms with Gasteiger partial charge < -0.3 is 4.74 Å². The summed E-state index contributed by atoms with van der Waals surface area (Å²) in [6.45, 7) is 2.02. The second kappa shape index (κ2) is 5.09. The molecule has 0 bridgehead atoms. The first kappa shape index (κ1) is 11.2. The van der Waals surface area contributed by atoms with Crippen LogP contribution in [-0.2, 0) is 9.53 Å². The largest absolute Gasteiger partial charge is 0.461 e. The predicted molar refractivity (Wildman–Crippen MR) is 62.6 cm³/mol. The fourth-order valence-electron chi connectivity index (χ4n) is 0.965. The minimum Gasteiger partial charge on any atom is -0.461 e. The Morgan fingerprint density at radius 1 is 1.57 bits per heavy atom. The van der Waals surface area contributed by atoms with Gasteiger partial charge in [-0.15, -0.1) is 0 Å². The van der Waals surface area contributed by atoms with Crippen LogP contribution in [0.5, 0.6) is 0 Å². The maximum Gasteiger partial charge on any atom is 0.356 e. The lowest BCUT2D eigenvalue weighted by Crippen LogP contribution is -2.17. The van der Waals surface area contributed by atoms with Crippen molar-refractivity contribution in [2.45, 2.75) is 6.92 Å². The van der Waals surface area contributed by atoms with Crippen LogP contribution in [0, 0.1) is 8.98 Å². The van der Waals surface area contributed by atoms with Crippen molar-refractivity contribution in [2.24, 2.45) is 0 Å². The molecule has 0 saturated heterocycles. The van der Waals surface area contributed by atoms with E-state index >= 15 is 0 Å². The number of hydrogen-bond donors (Lipinski definition) is 1. The van der Waals surface area contributed by atoms with Gasteiger partial charge in [-0.05, 0) is 41.6 Å². The van der Waals surface area contributed by atoms with E-state index in [-0.39, 0.29) is 5.71 Å². The topological polar surface area (TPSA) is 50.2 Å². The van der Waals surface area contributed by atoms with Crippen LogP contribution in [-0.4, -0.2) is 18.3 Å². The third kappa shape index (κ3) is 2.80. The predicted octanol–water partition coefficient (Wildman–Crippen LogP) is 2.22. The summed E-state index contributed by atoms with van der Waals surface area (Å²) in [5, 5.41) is 7.56. The van der Waals surface area contributed by atoms with Gasteiger partial charge >= 0.3 is 5.97 Å². The number of esters is 1. The highest BCUT2D eigenvalue weighted by molar-refractivity contribution is 14.1. The van der Waals surface area contributed by atoms with Crippen LogP contribution in [0.2, 0.25) is 0 Å². The van der Waals surface area contributed by atoms with Crippen LogP contribution in [0.4, 0.5) is 0 Å². The molecule has 0 unspecified atom stereocenters. The van der Waals surface area contributed by atoms with Crippen molar-refractivity contribution >= 4 is 34.3 Å². The smallest absolute Gasteiger partial charge is 0.356 e. The molecule has 0 aliphatic rings. The van der Waals surface area contributed by atoms with Gasteiger partial charge in [0.1, 0.15) is 5.71 Å². The van der Waals surface area contributed by atoms with Gasteiger partial charge in [0.15, 0.2) is 0 Å². The highest BCUT2D eigenvalue weighted by Crippen LogP contribution is 2.08. The standard InChI is InChI=1S/C10H10INO2/c1-2-14-10(13)9(12)7-4-3-5-8(11)6-7/h3-6,12H,2H2,1H3. The highest BCUT2D eigenvalue weighted by Gasteiger charge is 2.12. The van der Waals surface area contributed by atoms with Crippen molar-refractivity contribution in [1.29, 1.82) is 5.41 Å². The van der Waals surface area contributed by atoms with E-state index in [9.17, 15) is 4.79 Å². The molecule has 0 heterocycles. The lowest BCUT2D eigenvalue weighted by molar-refractivity contribution is -0.135. The van der Waals surface area contributed by atoms with Gasteiger partial charge in [0.25, 0.3) is 0 Å². The third-order valence-electron chi connectivity index (χ3n) is 1.59. The van der Waals surface area contributed by atoms with Crippen molar-refractivity contribution in [3.63, 3.8) is 0 Å². The first-order valence-corrected chi connectivity index (χ1v) is 5.24. The summed E-state index contributed by atoms with van der Waals surface area (Å²) in [4.78, 5) is 11.2. The van der Waals surface area contributed by atoms with E-state index in [0.29, 0.717) is 12.2 Å². The Kier molecular flexibility index (Phi) is 4.06. The molecule has 0 atom stereocenters. The number of hydrogen-bond acceptors (Lipinski definition) is 3. The zero-order valence-electron chi connectivity index (χ0n) is 7.71. The molecule has 0 aromatic heterocycles. The minimum absolute atomic E-state index is 0.0923. The zero-order valence-corrected chi connectivity index (χ0v) is 9.87. The number of nitrogens with one attached hydrogen (secondary N) is 1. The number of rotatable bonds is 3. The van der Waals surface area contributed by atoms with Gasteiger partial charge in [0.05, 0.1) is 6.61 Å². The number of carbonyl (C=O) groups excluding carboxylic acids is 1. The Labute approximate surface area is 96.1 Å². The molecule has 0 saturated carbocycles. The average molecular weight is 303 g/mol. The van der Waals surface area contributed by atoms with Crippen molar-refractivity contribution in [3.8, 4) is 0 Å². The Bertz CT molecular complexity index is 363. The third-order valence-corrected chi connectivity index (χ3v) is 2.26. The van der Waals surface area contributed by atoms with Crippen LogP contribution in [0.15, 0.2) is 24.3 Å². The first-order valence-electron chi connectivity index (χ1n) is 4.16. The Hall–Kier alpha value is -0.910. The number of halogens is 1. The second-order valence-electron chi connectivity index (χ2n) is 2.61. The monoisotopic (exact) mass is 303 g/mol. The van der Waals surface area contributed by atoms with E-state index < -0.39 is 5.97 Å². The number of benzene rings is 1. The summed E-state index contributed by atoms with van der Waals surface area (Å²) < 4.78 is 5.73. The zero-order chi connectivity index (χ0) is 10.6. The molecule has 0 aliphatic carbocycles. The maximum absolute atomic E-state index is 11.2.